The quantitative estimate of drug-likeness (QED) is 0.563. The van der Waals surface area contributed by atoms with E-state index in [4.69, 9.17) is 0 Å². The number of halogens is 1. The van der Waals surface area contributed by atoms with E-state index in [1.165, 1.54) is 4.90 Å². The van der Waals surface area contributed by atoms with Crippen LogP contribution in [0.2, 0.25) is 0 Å². The van der Waals surface area contributed by atoms with E-state index in [1.807, 2.05) is 24.1 Å². The van der Waals surface area contributed by atoms with Gasteiger partial charge in [0.25, 0.3) is 0 Å². The second-order valence-electron chi connectivity index (χ2n) is 5.99. The summed E-state index contributed by atoms with van der Waals surface area (Å²) in [6, 6.07) is 3.38. The van der Waals surface area contributed by atoms with Crippen molar-refractivity contribution in [2.75, 3.05) is 13.7 Å². The summed E-state index contributed by atoms with van der Waals surface area (Å²) >= 11 is 5.02. The molecule has 2 fully saturated rings. The molecule has 1 saturated heterocycles. The number of carbonyl (C=O) groups excluding carboxylic acids is 3. The van der Waals surface area contributed by atoms with E-state index < -0.39 is 17.8 Å². The number of hydrogen-bond donors (Lipinski definition) is 0. The highest BCUT2D eigenvalue weighted by atomic mass is 79.9. The van der Waals surface area contributed by atoms with Gasteiger partial charge < -0.3 is 0 Å². The van der Waals surface area contributed by atoms with Gasteiger partial charge in [0.15, 0.2) is 0 Å². The molecule has 0 atom stereocenters. The van der Waals surface area contributed by atoms with Crippen molar-refractivity contribution in [2.45, 2.75) is 38.3 Å². The average molecular weight is 400 g/mol. The van der Waals surface area contributed by atoms with Crippen LogP contribution in [-0.2, 0) is 16.1 Å². The molecule has 0 aromatic carbocycles. The van der Waals surface area contributed by atoms with Gasteiger partial charge in [-0.25, -0.2) is 9.69 Å². The van der Waals surface area contributed by atoms with Gasteiger partial charge >= 0.3 is 17.8 Å². The number of imide groups is 2. The van der Waals surface area contributed by atoms with Gasteiger partial charge in [-0.05, 0) is 48.0 Å². The second kappa shape index (κ2) is 6.70. The van der Waals surface area contributed by atoms with Gasteiger partial charge in [0.2, 0.25) is 0 Å². The first-order valence-electron chi connectivity index (χ1n) is 7.59. The van der Waals surface area contributed by atoms with E-state index in [-0.39, 0.29) is 12.7 Å². The van der Waals surface area contributed by atoms with Crippen LogP contribution in [0.25, 0.3) is 0 Å². The van der Waals surface area contributed by atoms with Crippen LogP contribution in [0.4, 0.5) is 4.79 Å². The Morgan fingerprint density at radius 2 is 1.91 bits per heavy atom. The zero-order valence-corrected chi connectivity index (χ0v) is 15.2. The van der Waals surface area contributed by atoms with Crippen molar-refractivity contribution in [1.82, 2.24) is 14.7 Å². The zero-order valence-electron chi connectivity index (χ0n) is 12.8. The minimum atomic E-state index is -0.707. The molecule has 0 N–H and O–H groups in total. The van der Waals surface area contributed by atoms with Crippen LogP contribution < -0.4 is 0 Å². The Labute approximate surface area is 147 Å². The fourth-order valence-electron chi connectivity index (χ4n) is 3.13. The smallest absolute Gasteiger partial charge is 0.283 e. The molecule has 0 spiro atoms. The summed E-state index contributed by atoms with van der Waals surface area (Å²) in [4.78, 5) is 42.0. The van der Waals surface area contributed by atoms with Crippen molar-refractivity contribution >= 4 is 45.1 Å². The lowest BCUT2D eigenvalue weighted by Gasteiger charge is -2.24. The van der Waals surface area contributed by atoms with Crippen molar-refractivity contribution in [3.8, 4) is 0 Å². The Morgan fingerprint density at radius 1 is 1.22 bits per heavy atom. The lowest BCUT2D eigenvalue weighted by molar-refractivity contribution is -0.144. The minimum Gasteiger partial charge on any atom is -0.283 e. The Morgan fingerprint density at radius 3 is 2.52 bits per heavy atom. The molecular formula is C15H18BrN3O3S. The molecule has 23 heavy (non-hydrogen) atoms. The van der Waals surface area contributed by atoms with Gasteiger partial charge in [-0.2, -0.15) is 0 Å². The summed E-state index contributed by atoms with van der Waals surface area (Å²) in [6.07, 6.45) is 3.61. The third-order valence-corrected chi connectivity index (χ3v) is 5.82. The molecule has 1 aromatic rings. The highest BCUT2D eigenvalue weighted by molar-refractivity contribution is 9.11. The van der Waals surface area contributed by atoms with Crippen LogP contribution >= 0.6 is 27.3 Å². The molecule has 0 unspecified atom stereocenters. The van der Waals surface area contributed by atoms with E-state index in [0.29, 0.717) is 6.54 Å². The monoisotopic (exact) mass is 399 g/mol. The number of hydrogen-bond acceptors (Lipinski definition) is 5. The van der Waals surface area contributed by atoms with Gasteiger partial charge in [-0.1, -0.05) is 12.8 Å². The highest BCUT2D eigenvalue weighted by Gasteiger charge is 2.48. The number of thiophene rings is 1. The number of rotatable bonds is 5. The summed E-state index contributed by atoms with van der Waals surface area (Å²) in [5.74, 6) is -1.38. The number of amides is 4. The molecule has 2 heterocycles. The molecule has 1 aliphatic heterocycles. The van der Waals surface area contributed by atoms with Gasteiger partial charge in [0, 0.05) is 17.5 Å². The minimum absolute atomic E-state index is 0.109. The normalized spacial score (nSPS) is 19.7. The molecule has 1 saturated carbocycles. The van der Waals surface area contributed by atoms with E-state index >= 15 is 0 Å². The topological polar surface area (TPSA) is 60.9 Å². The molecule has 6 nitrogen and oxygen atoms in total. The summed E-state index contributed by atoms with van der Waals surface area (Å²) in [6.45, 7) is 0.743. The van der Waals surface area contributed by atoms with Crippen LogP contribution in [0.1, 0.15) is 30.6 Å². The van der Waals surface area contributed by atoms with Crippen LogP contribution in [0.5, 0.6) is 0 Å². The highest BCUT2D eigenvalue weighted by Crippen LogP contribution is 2.28. The molecule has 1 aliphatic carbocycles. The standard InChI is InChI=1S/C15H18BrN3O3S/c1-17(8-11-6-7-12(16)23-11)9-18-13(20)14(21)19(15(18)22)10-4-2-3-5-10/h6-7,10H,2-5,8-9H2,1H3. The lowest BCUT2D eigenvalue weighted by atomic mass is 10.2. The molecular weight excluding hydrogens is 382 g/mol. The maximum Gasteiger partial charge on any atom is 0.335 e. The molecule has 4 amide bonds. The van der Waals surface area contributed by atoms with E-state index in [2.05, 4.69) is 15.9 Å². The summed E-state index contributed by atoms with van der Waals surface area (Å²) < 4.78 is 1.04. The third-order valence-electron chi connectivity index (χ3n) is 4.21. The lowest BCUT2D eigenvalue weighted by Crippen LogP contribution is -2.42. The maximum atomic E-state index is 12.5. The number of carbonyl (C=O) groups is 3. The van der Waals surface area contributed by atoms with Crippen LogP contribution in [0, 0.1) is 0 Å². The predicted molar refractivity (Wildman–Crippen MR) is 89.7 cm³/mol. The maximum absolute atomic E-state index is 12.5. The first-order chi connectivity index (χ1) is 11.0. The number of urea groups is 1. The van der Waals surface area contributed by atoms with Gasteiger partial charge in [0.05, 0.1) is 10.5 Å². The largest absolute Gasteiger partial charge is 0.335 e. The molecule has 8 heteroatoms. The summed E-state index contributed by atoms with van der Waals surface area (Å²) in [5.41, 5.74) is 0. The van der Waals surface area contributed by atoms with E-state index in [1.54, 1.807) is 11.3 Å². The first kappa shape index (κ1) is 16.6. The van der Waals surface area contributed by atoms with Crippen molar-refractivity contribution < 1.29 is 14.4 Å². The fourth-order valence-corrected chi connectivity index (χ4v) is 4.69. The van der Waals surface area contributed by atoms with Crippen molar-refractivity contribution in [3.05, 3.63) is 20.8 Å². The predicted octanol–water partition coefficient (Wildman–Crippen LogP) is 2.63. The van der Waals surface area contributed by atoms with E-state index in [0.717, 1.165) is 39.2 Å². The van der Waals surface area contributed by atoms with Crippen LogP contribution in [0.15, 0.2) is 15.9 Å². The summed E-state index contributed by atoms with van der Waals surface area (Å²) in [7, 11) is 1.83. The first-order valence-corrected chi connectivity index (χ1v) is 9.20. The van der Waals surface area contributed by atoms with Crippen molar-refractivity contribution in [2.24, 2.45) is 0 Å². The zero-order chi connectivity index (χ0) is 16.6. The van der Waals surface area contributed by atoms with Crippen LogP contribution in [-0.4, -0.2) is 52.3 Å². The fraction of sp³-hybridized carbons (Fsp3) is 0.533. The van der Waals surface area contributed by atoms with Crippen molar-refractivity contribution in [1.29, 1.82) is 0 Å². The third kappa shape index (κ3) is 3.34. The Kier molecular flexibility index (Phi) is 4.84. The molecule has 2 aliphatic rings. The molecule has 124 valence electrons. The number of nitrogens with zero attached hydrogens (tertiary/aromatic N) is 3. The van der Waals surface area contributed by atoms with Crippen LogP contribution in [0.3, 0.4) is 0 Å². The second-order valence-corrected chi connectivity index (χ2v) is 8.54. The molecule has 3 rings (SSSR count). The SMILES string of the molecule is CN(Cc1ccc(Br)s1)CN1C(=O)C(=O)N(C2CCCC2)C1=O. The molecule has 0 bridgehead atoms. The van der Waals surface area contributed by atoms with Crippen molar-refractivity contribution in [3.63, 3.8) is 0 Å². The van der Waals surface area contributed by atoms with Gasteiger partial charge in [-0.15, -0.1) is 11.3 Å². The van der Waals surface area contributed by atoms with Gasteiger partial charge in [-0.3, -0.25) is 19.4 Å². The van der Waals surface area contributed by atoms with Gasteiger partial charge in [0.1, 0.15) is 0 Å². The summed E-state index contributed by atoms with van der Waals surface area (Å²) in [5, 5.41) is 0. The Bertz CT molecular complexity index is 642. The average Bonchev–Trinajstić information content (AvgIpc) is 3.19. The Hall–Kier alpha value is -1.25. The molecule has 0 radical (unpaired) electrons. The Balaban J connectivity index is 1.66. The molecule has 1 aromatic heterocycles. The van der Waals surface area contributed by atoms with E-state index in [9.17, 15) is 14.4 Å².